The second-order valence-corrected chi connectivity index (χ2v) is 8.34. The number of carbonyl (C=O) groups is 1. The molecule has 2 saturated heterocycles. The molecular weight excluding hydrogens is 391 g/mol. The molecule has 2 aliphatic rings. The molecule has 1 amide bonds. The van der Waals surface area contributed by atoms with Crippen molar-refractivity contribution < 1.29 is 13.9 Å². The van der Waals surface area contributed by atoms with Gasteiger partial charge in [0, 0.05) is 25.2 Å². The number of nitrogens with zero attached hydrogens (tertiary/aromatic N) is 1. The van der Waals surface area contributed by atoms with E-state index in [1.807, 2.05) is 30.3 Å². The Morgan fingerprint density at radius 1 is 1.24 bits per heavy atom. The van der Waals surface area contributed by atoms with Gasteiger partial charge in [-0.3, -0.25) is 9.69 Å². The summed E-state index contributed by atoms with van der Waals surface area (Å²) in [6, 6.07) is 14.5. The highest BCUT2D eigenvalue weighted by Gasteiger charge is 2.56. The summed E-state index contributed by atoms with van der Waals surface area (Å²) in [4.78, 5) is 15.6. The van der Waals surface area contributed by atoms with Crippen LogP contribution in [0, 0.1) is 5.82 Å². The first-order chi connectivity index (χ1) is 14.1. The summed E-state index contributed by atoms with van der Waals surface area (Å²) in [7, 11) is 1.71. The van der Waals surface area contributed by atoms with E-state index < -0.39 is 11.7 Å². The van der Waals surface area contributed by atoms with E-state index in [1.54, 1.807) is 13.2 Å². The van der Waals surface area contributed by atoms with Gasteiger partial charge in [0.15, 0.2) is 0 Å². The van der Waals surface area contributed by atoms with E-state index in [0.717, 1.165) is 37.8 Å². The zero-order valence-electron chi connectivity index (χ0n) is 16.5. The Morgan fingerprint density at radius 2 is 1.97 bits per heavy atom. The smallest absolute Gasteiger partial charge is 0.256 e. The number of carbonyl (C=O) groups excluding carboxylic acids is 1. The molecule has 6 heteroatoms. The highest BCUT2D eigenvalue weighted by molar-refractivity contribution is 6.33. The van der Waals surface area contributed by atoms with E-state index in [1.165, 1.54) is 12.1 Å². The average Bonchev–Trinajstić information content (AvgIpc) is 3.26. The van der Waals surface area contributed by atoms with E-state index in [2.05, 4.69) is 10.2 Å². The largest absolute Gasteiger partial charge is 0.383 e. The zero-order valence-corrected chi connectivity index (χ0v) is 17.3. The molecule has 2 aromatic rings. The first-order valence-corrected chi connectivity index (χ1v) is 10.5. The van der Waals surface area contributed by atoms with Gasteiger partial charge in [-0.05, 0) is 43.4 Å². The van der Waals surface area contributed by atoms with Crippen molar-refractivity contribution in [1.29, 1.82) is 0 Å². The quantitative estimate of drug-likeness (QED) is 0.717. The number of hydrogen-bond donors (Lipinski definition) is 1. The second-order valence-electron chi connectivity index (χ2n) is 7.93. The molecule has 2 aromatic carbocycles. The molecule has 4 nitrogen and oxygen atoms in total. The molecular formula is C23H26ClFN2O2. The van der Waals surface area contributed by atoms with Crippen molar-refractivity contribution in [2.24, 2.45) is 0 Å². The topological polar surface area (TPSA) is 41.6 Å². The summed E-state index contributed by atoms with van der Waals surface area (Å²) in [6.45, 7) is 1.47. The lowest BCUT2D eigenvalue weighted by Crippen LogP contribution is -2.53. The number of halogens is 2. The van der Waals surface area contributed by atoms with Crippen molar-refractivity contribution in [2.45, 2.75) is 43.3 Å². The standard InChI is InChI=1S/C23H26ClFN2O2/c1-29-15-14-27-17-10-12-23(27,13-11-17)21(16-6-3-2-4-7-16)26-22(28)20-18(24)8-5-9-19(20)25/h2-9,17,21H,10-15H2,1H3,(H,26,28)/t17?,21-,23?/m0/s1. The Morgan fingerprint density at radius 3 is 2.62 bits per heavy atom. The lowest BCUT2D eigenvalue weighted by molar-refractivity contribution is 0.0636. The number of rotatable bonds is 7. The molecule has 0 aromatic heterocycles. The maximum atomic E-state index is 14.4. The van der Waals surface area contributed by atoms with Gasteiger partial charge in [-0.25, -0.2) is 4.39 Å². The molecule has 0 radical (unpaired) electrons. The molecule has 4 rings (SSSR count). The highest BCUT2D eigenvalue weighted by Crippen LogP contribution is 2.52. The Bertz CT molecular complexity index is 848. The van der Waals surface area contributed by atoms with Crippen LogP contribution in [0.3, 0.4) is 0 Å². The normalized spacial score (nSPS) is 24.6. The van der Waals surface area contributed by atoms with Gasteiger partial charge in [-0.2, -0.15) is 0 Å². The van der Waals surface area contributed by atoms with Crippen LogP contribution in [-0.2, 0) is 4.74 Å². The van der Waals surface area contributed by atoms with Crippen LogP contribution in [0.4, 0.5) is 4.39 Å². The monoisotopic (exact) mass is 416 g/mol. The number of fused-ring (bicyclic) bond motifs is 2. The Balaban J connectivity index is 1.71. The lowest BCUT2D eigenvalue weighted by Gasteiger charge is -2.42. The molecule has 2 heterocycles. The van der Waals surface area contributed by atoms with Crippen LogP contribution >= 0.6 is 11.6 Å². The number of benzene rings is 2. The van der Waals surface area contributed by atoms with Gasteiger partial charge >= 0.3 is 0 Å². The van der Waals surface area contributed by atoms with Crippen molar-refractivity contribution in [3.63, 3.8) is 0 Å². The summed E-state index contributed by atoms with van der Waals surface area (Å²) in [6.07, 6.45) is 4.19. The summed E-state index contributed by atoms with van der Waals surface area (Å²) in [5, 5.41) is 3.28. The van der Waals surface area contributed by atoms with E-state index in [0.29, 0.717) is 12.6 Å². The maximum Gasteiger partial charge on any atom is 0.256 e. The first-order valence-electron chi connectivity index (χ1n) is 10.1. The number of amides is 1. The SMILES string of the molecule is COCCN1C2CCC1([C@@H](NC(=O)c1c(F)cccc1Cl)c1ccccc1)CC2. The maximum absolute atomic E-state index is 14.4. The summed E-state index contributed by atoms with van der Waals surface area (Å²) in [5.41, 5.74) is 0.735. The van der Waals surface area contributed by atoms with Crippen molar-refractivity contribution >= 4 is 17.5 Å². The lowest BCUT2D eigenvalue weighted by atomic mass is 9.78. The second kappa shape index (κ2) is 8.42. The van der Waals surface area contributed by atoms with Crippen LogP contribution < -0.4 is 5.32 Å². The van der Waals surface area contributed by atoms with Crippen molar-refractivity contribution in [3.05, 3.63) is 70.5 Å². The molecule has 2 bridgehead atoms. The van der Waals surface area contributed by atoms with Crippen LogP contribution in [0.5, 0.6) is 0 Å². The van der Waals surface area contributed by atoms with Crippen LogP contribution in [0.15, 0.2) is 48.5 Å². The van der Waals surface area contributed by atoms with Crippen LogP contribution in [-0.4, -0.2) is 42.6 Å². The van der Waals surface area contributed by atoms with Crippen molar-refractivity contribution in [1.82, 2.24) is 10.2 Å². The van der Waals surface area contributed by atoms with E-state index in [4.69, 9.17) is 16.3 Å². The van der Waals surface area contributed by atoms with Gasteiger partial charge in [0.25, 0.3) is 5.91 Å². The first kappa shape index (κ1) is 20.3. The molecule has 0 unspecified atom stereocenters. The van der Waals surface area contributed by atoms with Gasteiger partial charge in [0.2, 0.25) is 0 Å². The summed E-state index contributed by atoms with van der Waals surface area (Å²) < 4.78 is 19.7. The Kier molecular flexibility index (Phi) is 5.91. The molecule has 29 heavy (non-hydrogen) atoms. The third kappa shape index (κ3) is 3.67. The summed E-state index contributed by atoms with van der Waals surface area (Å²) in [5.74, 6) is -1.08. The molecule has 154 valence electrons. The van der Waals surface area contributed by atoms with Crippen LogP contribution in [0.2, 0.25) is 5.02 Å². The molecule has 0 spiro atoms. The Hall–Kier alpha value is -1.95. The minimum Gasteiger partial charge on any atom is -0.383 e. The Labute approximate surface area is 176 Å². The van der Waals surface area contributed by atoms with Gasteiger partial charge in [0.1, 0.15) is 5.82 Å². The minimum absolute atomic E-state index is 0.0949. The predicted molar refractivity (Wildman–Crippen MR) is 112 cm³/mol. The summed E-state index contributed by atoms with van der Waals surface area (Å²) >= 11 is 6.16. The third-order valence-electron chi connectivity index (χ3n) is 6.51. The fourth-order valence-corrected chi connectivity index (χ4v) is 5.45. The van der Waals surface area contributed by atoms with E-state index >= 15 is 0 Å². The van der Waals surface area contributed by atoms with Crippen LogP contribution in [0.1, 0.15) is 47.6 Å². The molecule has 1 N–H and O–H groups in total. The molecule has 0 saturated carbocycles. The molecule has 2 fully saturated rings. The average molecular weight is 417 g/mol. The van der Waals surface area contributed by atoms with Gasteiger partial charge in [-0.15, -0.1) is 0 Å². The van der Waals surface area contributed by atoms with Gasteiger partial charge < -0.3 is 10.1 Å². The molecule has 2 aliphatic heterocycles. The number of nitrogens with one attached hydrogen (secondary N) is 1. The fourth-order valence-electron chi connectivity index (χ4n) is 5.21. The molecule has 1 atom stereocenters. The van der Waals surface area contributed by atoms with Gasteiger partial charge in [-0.1, -0.05) is 48.0 Å². The van der Waals surface area contributed by atoms with Crippen molar-refractivity contribution in [2.75, 3.05) is 20.3 Å². The van der Waals surface area contributed by atoms with E-state index in [-0.39, 0.29) is 22.2 Å². The third-order valence-corrected chi connectivity index (χ3v) is 6.82. The van der Waals surface area contributed by atoms with Gasteiger partial charge in [0.05, 0.1) is 23.2 Å². The number of methoxy groups -OCH3 is 1. The zero-order chi connectivity index (χ0) is 20.4. The minimum atomic E-state index is -0.605. The fraction of sp³-hybridized carbons (Fsp3) is 0.435. The highest BCUT2D eigenvalue weighted by atomic mass is 35.5. The number of hydrogen-bond acceptors (Lipinski definition) is 3. The van der Waals surface area contributed by atoms with Crippen LogP contribution in [0.25, 0.3) is 0 Å². The predicted octanol–water partition coefficient (Wildman–Crippen LogP) is 4.59. The number of ether oxygens (including phenoxy) is 1. The molecule has 0 aliphatic carbocycles. The van der Waals surface area contributed by atoms with E-state index in [9.17, 15) is 9.18 Å². The van der Waals surface area contributed by atoms with Crippen molar-refractivity contribution in [3.8, 4) is 0 Å².